The second kappa shape index (κ2) is 10.1. The third kappa shape index (κ3) is 5.69. The second-order valence-corrected chi connectivity index (χ2v) is 6.25. The van der Waals surface area contributed by atoms with Crippen LogP contribution >= 0.6 is 0 Å². The molecule has 0 N–H and O–H groups in total. The lowest BCUT2D eigenvalue weighted by molar-refractivity contribution is 0.414. The van der Waals surface area contributed by atoms with Gasteiger partial charge in [0.25, 0.3) is 0 Å². The average Bonchev–Trinajstić information content (AvgIpc) is 2.80. The van der Waals surface area contributed by atoms with Gasteiger partial charge in [0.2, 0.25) is 0 Å². The predicted molar refractivity (Wildman–Crippen MR) is 117 cm³/mol. The normalized spacial score (nSPS) is 11.3. The lowest BCUT2D eigenvalue weighted by Crippen LogP contribution is -1.96. The molecule has 3 aromatic rings. The fourth-order valence-corrected chi connectivity index (χ4v) is 2.68. The topological polar surface area (TPSA) is 52.4 Å². The molecule has 0 heterocycles. The minimum atomic E-state index is -0.370. The highest BCUT2D eigenvalue weighted by Crippen LogP contribution is 2.22. The molecule has 0 aliphatic rings. The molecule has 3 aromatic carbocycles. The Morgan fingerprint density at radius 1 is 0.552 bits per heavy atom. The molecule has 0 amide bonds. The van der Waals surface area contributed by atoms with E-state index in [1.54, 1.807) is 21.3 Å². The van der Waals surface area contributed by atoms with Crippen LogP contribution in [0.2, 0.25) is 0 Å². The molecular weight excluding hydrogens is 364 g/mol. The number of hydrogen-bond acceptors (Lipinski definition) is 5. The first-order chi connectivity index (χ1) is 14.2. The zero-order chi connectivity index (χ0) is 20.5. The second-order valence-electron chi connectivity index (χ2n) is 6.25. The number of aliphatic imine (C=N–C) groups is 2. The van der Waals surface area contributed by atoms with E-state index < -0.39 is 0 Å². The molecule has 5 nitrogen and oxygen atoms in total. The predicted octanol–water partition coefficient (Wildman–Crippen LogP) is 4.95. The maximum Gasteiger partial charge on any atom is 0.165 e. The van der Waals surface area contributed by atoms with Gasteiger partial charge in [-0.2, -0.15) is 0 Å². The first-order valence-electron chi connectivity index (χ1n) is 9.20. The molecule has 0 spiro atoms. The first kappa shape index (κ1) is 20.1. The van der Waals surface area contributed by atoms with Crippen molar-refractivity contribution in [3.05, 3.63) is 89.5 Å². The summed E-state index contributed by atoms with van der Waals surface area (Å²) >= 11 is 0. The fourth-order valence-electron chi connectivity index (χ4n) is 2.68. The molecule has 3 rings (SSSR count). The molecule has 0 saturated carbocycles. The number of nitrogens with zero attached hydrogens (tertiary/aromatic N) is 2. The summed E-state index contributed by atoms with van der Waals surface area (Å²) < 4.78 is 15.7. The molecule has 29 heavy (non-hydrogen) atoms. The van der Waals surface area contributed by atoms with Gasteiger partial charge >= 0.3 is 0 Å². The lowest BCUT2D eigenvalue weighted by Gasteiger charge is -2.09. The monoisotopic (exact) mass is 388 g/mol. The smallest absolute Gasteiger partial charge is 0.165 e. The van der Waals surface area contributed by atoms with Crippen LogP contribution in [0.25, 0.3) is 0 Å². The minimum absolute atomic E-state index is 0.370. The summed E-state index contributed by atoms with van der Waals surface area (Å²) in [6.45, 7) is 0. The zero-order valence-electron chi connectivity index (χ0n) is 16.8. The van der Waals surface area contributed by atoms with Crippen molar-refractivity contribution in [1.82, 2.24) is 0 Å². The summed E-state index contributed by atoms with van der Waals surface area (Å²) in [6.07, 6.45) is 3.27. The van der Waals surface area contributed by atoms with E-state index in [2.05, 4.69) is 0 Å². The van der Waals surface area contributed by atoms with Crippen LogP contribution in [0.4, 0.5) is 0 Å². The van der Waals surface area contributed by atoms with Gasteiger partial charge < -0.3 is 14.2 Å². The van der Waals surface area contributed by atoms with Crippen molar-refractivity contribution in [2.24, 2.45) is 9.98 Å². The Hall–Kier alpha value is -3.60. The molecule has 0 radical (unpaired) electrons. The Morgan fingerprint density at radius 2 is 0.897 bits per heavy atom. The van der Waals surface area contributed by atoms with E-state index in [1.165, 1.54) is 0 Å². The van der Waals surface area contributed by atoms with Crippen LogP contribution < -0.4 is 14.2 Å². The molecule has 0 aliphatic carbocycles. The summed E-state index contributed by atoms with van der Waals surface area (Å²) in [4.78, 5) is 9.39. The number of rotatable bonds is 8. The summed E-state index contributed by atoms with van der Waals surface area (Å²) in [7, 11) is 4.95. The van der Waals surface area contributed by atoms with E-state index in [-0.39, 0.29) is 6.17 Å². The number of hydrogen-bond donors (Lipinski definition) is 0. The number of benzene rings is 3. The van der Waals surface area contributed by atoms with E-state index in [1.807, 2.05) is 85.2 Å². The van der Waals surface area contributed by atoms with E-state index in [4.69, 9.17) is 24.2 Å². The summed E-state index contributed by atoms with van der Waals surface area (Å²) in [5, 5.41) is 0. The van der Waals surface area contributed by atoms with E-state index >= 15 is 0 Å². The van der Waals surface area contributed by atoms with Crippen molar-refractivity contribution in [1.29, 1.82) is 0 Å². The van der Waals surface area contributed by atoms with Crippen LogP contribution in [0.1, 0.15) is 22.9 Å². The van der Waals surface area contributed by atoms with E-state index in [0.29, 0.717) is 0 Å². The van der Waals surface area contributed by atoms with Crippen molar-refractivity contribution in [2.45, 2.75) is 6.17 Å². The van der Waals surface area contributed by atoms with Crippen LogP contribution in [0, 0.1) is 0 Å². The van der Waals surface area contributed by atoms with Crippen molar-refractivity contribution >= 4 is 12.4 Å². The van der Waals surface area contributed by atoms with Gasteiger partial charge in [-0.05, 0) is 77.4 Å². The van der Waals surface area contributed by atoms with Crippen LogP contribution in [0.5, 0.6) is 17.2 Å². The van der Waals surface area contributed by atoms with Gasteiger partial charge in [0.05, 0.1) is 21.3 Å². The Bertz CT molecular complexity index is 889. The third-order valence-electron chi connectivity index (χ3n) is 4.38. The molecular formula is C24H24N2O3. The van der Waals surface area contributed by atoms with Crippen molar-refractivity contribution in [3.63, 3.8) is 0 Å². The van der Waals surface area contributed by atoms with E-state index in [9.17, 15) is 0 Å². The molecule has 0 atom stereocenters. The quantitative estimate of drug-likeness (QED) is 0.513. The molecule has 148 valence electrons. The Kier molecular flexibility index (Phi) is 7.00. The first-order valence-corrected chi connectivity index (χ1v) is 9.20. The van der Waals surface area contributed by atoms with Crippen LogP contribution in [0.3, 0.4) is 0 Å². The van der Waals surface area contributed by atoms with Crippen LogP contribution in [-0.2, 0) is 0 Å². The SMILES string of the molecule is COc1ccc(/C=N/C(/N=C/c2ccc(OC)cc2)c2ccc(OC)cc2)cc1. The highest BCUT2D eigenvalue weighted by molar-refractivity contribution is 5.81. The van der Waals surface area contributed by atoms with Gasteiger partial charge in [0.15, 0.2) is 6.17 Å². The van der Waals surface area contributed by atoms with Gasteiger partial charge in [-0.25, -0.2) is 0 Å². The summed E-state index contributed by atoms with van der Waals surface area (Å²) in [5.41, 5.74) is 2.92. The zero-order valence-corrected chi connectivity index (χ0v) is 16.8. The number of methoxy groups -OCH3 is 3. The maximum atomic E-state index is 5.25. The lowest BCUT2D eigenvalue weighted by atomic mass is 10.1. The van der Waals surface area contributed by atoms with Crippen molar-refractivity contribution in [2.75, 3.05) is 21.3 Å². The maximum absolute atomic E-state index is 5.25. The number of ether oxygens (including phenoxy) is 3. The molecule has 0 fully saturated rings. The minimum Gasteiger partial charge on any atom is -0.497 e. The Morgan fingerprint density at radius 3 is 1.24 bits per heavy atom. The highest BCUT2D eigenvalue weighted by Gasteiger charge is 2.07. The molecule has 0 unspecified atom stereocenters. The van der Waals surface area contributed by atoms with Crippen molar-refractivity contribution in [3.8, 4) is 17.2 Å². The van der Waals surface area contributed by atoms with Gasteiger partial charge in [-0.15, -0.1) is 0 Å². The van der Waals surface area contributed by atoms with Crippen molar-refractivity contribution < 1.29 is 14.2 Å². The Balaban J connectivity index is 1.84. The van der Waals surface area contributed by atoms with E-state index in [0.717, 1.165) is 33.9 Å². The summed E-state index contributed by atoms with van der Waals surface area (Å²) in [5.74, 6) is 2.42. The summed E-state index contributed by atoms with van der Waals surface area (Å²) in [6, 6.07) is 23.2. The highest BCUT2D eigenvalue weighted by atomic mass is 16.5. The molecule has 0 aliphatic heterocycles. The van der Waals surface area contributed by atoms with Crippen LogP contribution in [-0.4, -0.2) is 33.8 Å². The average molecular weight is 388 g/mol. The molecule has 0 aromatic heterocycles. The third-order valence-corrected chi connectivity index (χ3v) is 4.38. The van der Waals surface area contributed by atoms with Gasteiger partial charge in [0.1, 0.15) is 17.2 Å². The van der Waals surface area contributed by atoms with Crippen LogP contribution in [0.15, 0.2) is 82.8 Å². The molecule has 0 bridgehead atoms. The fraction of sp³-hybridized carbons (Fsp3) is 0.167. The Labute approximate surface area is 171 Å². The molecule has 0 saturated heterocycles. The largest absolute Gasteiger partial charge is 0.497 e. The standard InChI is InChI=1S/C24H24N2O3/c1-27-21-10-4-18(5-11-21)16-25-24(20-8-14-23(29-3)15-9-20)26-17-19-6-12-22(28-2)13-7-19/h4-17,24H,1-3H3/b25-16+,26-17+. The van der Waals surface area contributed by atoms with Gasteiger partial charge in [-0.1, -0.05) is 12.1 Å². The molecule has 5 heteroatoms. The van der Waals surface area contributed by atoms with Gasteiger partial charge in [0, 0.05) is 12.4 Å². The van der Waals surface area contributed by atoms with Gasteiger partial charge in [-0.3, -0.25) is 9.98 Å².